The van der Waals surface area contributed by atoms with Crippen molar-refractivity contribution in [3.8, 4) is 0 Å². The van der Waals surface area contributed by atoms with Crippen molar-refractivity contribution in [3.05, 3.63) is 146 Å². The number of unbranched alkanes of at least 4 members (excludes halogenated alkanes) is 15. The molecule has 0 aliphatic heterocycles. The Labute approximate surface area is 472 Å². The Morgan fingerprint density at radius 3 is 1.12 bits per heavy atom. The van der Waals surface area contributed by atoms with E-state index >= 15 is 0 Å². The number of hydrogen-bond donors (Lipinski definition) is 0. The molecular formula is C67H110NO8P. The first-order chi connectivity index (χ1) is 37.5. The van der Waals surface area contributed by atoms with E-state index in [0.717, 1.165) is 135 Å². The number of phosphoric acid groups is 1. The normalized spacial score (nSPS) is 14.3. The Bertz CT molecular complexity index is 1810. The first kappa shape index (κ1) is 72.9. The summed E-state index contributed by atoms with van der Waals surface area (Å²) in [7, 11) is 1.13. The molecule has 2 unspecified atom stereocenters. The van der Waals surface area contributed by atoms with Crippen LogP contribution in [0.5, 0.6) is 0 Å². The van der Waals surface area contributed by atoms with Crippen LogP contribution in [-0.2, 0) is 32.7 Å². The Morgan fingerprint density at radius 1 is 0.416 bits per heavy atom. The minimum Gasteiger partial charge on any atom is -0.756 e. The molecule has 0 heterocycles. The van der Waals surface area contributed by atoms with Crippen molar-refractivity contribution >= 4 is 19.8 Å². The molecule has 0 saturated carbocycles. The molecule has 0 radical (unpaired) electrons. The molecule has 0 aromatic heterocycles. The SMILES string of the molecule is CC/C=C\C/C=C\C/C=C\C/C=C\C/C=C\C/C=C\C/C=C\C/C=C\C/C=C\C/C=C\C/C=C\CCCCCCCC(=O)OC(COC(=O)CCCCCCC/C=C\CCCCCCC)COP(=O)([O-])OCC[N+](C)(C)C. The third-order valence-electron chi connectivity index (χ3n) is 12.1. The van der Waals surface area contributed by atoms with E-state index in [2.05, 4.69) is 160 Å². The van der Waals surface area contributed by atoms with Gasteiger partial charge in [-0.3, -0.25) is 14.2 Å². The summed E-state index contributed by atoms with van der Waals surface area (Å²) < 4.78 is 34.1. The predicted molar refractivity (Wildman–Crippen MR) is 327 cm³/mol. The van der Waals surface area contributed by atoms with Crippen molar-refractivity contribution in [1.82, 2.24) is 0 Å². The van der Waals surface area contributed by atoms with E-state index in [0.29, 0.717) is 23.9 Å². The fourth-order valence-corrected chi connectivity index (χ4v) is 8.21. The minimum atomic E-state index is -4.65. The molecule has 0 bridgehead atoms. The summed E-state index contributed by atoms with van der Waals surface area (Å²) in [6.45, 7) is 4.06. The van der Waals surface area contributed by atoms with Gasteiger partial charge < -0.3 is 27.9 Å². The van der Waals surface area contributed by atoms with E-state index in [1.54, 1.807) is 0 Å². The molecule has 0 amide bonds. The van der Waals surface area contributed by atoms with Gasteiger partial charge in [0.2, 0.25) is 0 Å². The molecule has 77 heavy (non-hydrogen) atoms. The molecule has 0 aliphatic rings. The summed E-state index contributed by atoms with van der Waals surface area (Å²) in [5.74, 6) is -0.876. The second-order valence-electron chi connectivity index (χ2n) is 20.6. The molecule has 0 rings (SSSR count). The van der Waals surface area contributed by atoms with Crippen molar-refractivity contribution in [2.75, 3.05) is 47.5 Å². The summed E-state index contributed by atoms with van der Waals surface area (Å²) in [5, 5.41) is 0. The van der Waals surface area contributed by atoms with Gasteiger partial charge in [0.05, 0.1) is 27.7 Å². The summed E-state index contributed by atoms with van der Waals surface area (Å²) in [6, 6.07) is 0. The molecule has 436 valence electrons. The smallest absolute Gasteiger partial charge is 0.306 e. The second kappa shape index (κ2) is 56.6. The molecule has 0 saturated heterocycles. The lowest BCUT2D eigenvalue weighted by Crippen LogP contribution is -2.37. The fourth-order valence-electron chi connectivity index (χ4n) is 7.48. The zero-order valence-electron chi connectivity index (χ0n) is 49.3. The molecular weight excluding hydrogens is 978 g/mol. The van der Waals surface area contributed by atoms with Crippen LogP contribution in [0.2, 0.25) is 0 Å². The summed E-state index contributed by atoms with van der Waals surface area (Å²) >= 11 is 0. The van der Waals surface area contributed by atoms with Crippen LogP contribution in [0.25, 0.3) is 0 Å². The van der Waals surface area contributed by atoms with Crippen LogP contribution in [0.3, 0.4) is 0 Å². The zero-order chi connectivity index (χ0) is 56.3. The van der Waals surface area contributed by atoms with Crippen LogP contribution in [0.1, 0.15) is 213 Å². The first-order valence-electron chi connectivity index (χ1n) is 30.0. The Morgan fingerprint density at radius 2 is 0.740 bits per heavy atom. The monoisotopic (exact) mass is 1090 g/mol. The summed E-state index contributed by atoms with van der Waals surface area (Å²) in [5.41, 5.74) is 0. The number of phosphoric ester groups is 1. The van der Waals surface area contributed by atoms with Gasteiger partial charge in [-0.05, 0) is 122 Å². The van der Waals surface area contributed by atoms with Crippen LogP contribution < -0.4 is 4.89 Å². The molecule has 2 atom stereocenters. The highest BCUT2D eigenvalue weighted by atomic mass is 31.2. The highest BCUT2D eigenvalue weighted by Gasteiger charge is 2.21. The van der Waals surface area contributed by atoms with Crippen LogP contribution in [0.15, 0.2) is 146 Å². The molecule has 9 nitrogen and oxygen atoms in total. The maximum atomic E-state index is 12.8. The first-order valence-corrected chi connectivity index (χ1v) is 31.5. The highest BCUT2D eigenvalue weighted by Crippen LogP contribution is 2.38. The molecule has 0 N–H and O–H groups in total. The number of carbonyl (C=O) groups is 2. The molecule has 10 heteroatoms. The quantitative estimate of drug-likeness (QED) is 0.0195. The van der Waals surface area contributed by atoms with E-state index < -0.39 is 32.5 Å². The van der Waals surface area contributed by atoms with Gasteiger partial charge in [-0.2, -0.15) is 0 Å². The lowest BCUT2D eigenvalue weighted by Gasteiger charge is -2.28. The van der Waals surface area contributed by atoms with Gasteiger partial charge >= 0.3 is 11.9 Å². The topological polar surface area (TPSA) is 111 Å². The maximum Gasteiger partial charge on any atom is 0.306 e. The van der Waals surface area contributed by atoms with Gasteiger partial charge in [0, 0.05) is 12.8 Å². The number of allylic oxidation sites excluding steroid dienone is 24. The largest absolute Gasteiger partial charge is 0.756 e. The average Bonchev–Trinajstić information content (AvgIpc) is 3.39. The van der Waals surface area contributed by atoms with Gasteiger partial charge in [-0.1, -0.05) is 224 Å². The van der Waals surface area contributed by atoms with E-state index in [-0.39, 0.29) is 26.1 Å². The van der Waals surface area contributed by atoms with E-state index in [9.17, 15) is 19.0 Å². The number of carbonyl (C=O) groups excluding carboxylic acids is 2. The molecule has 0 aliphatic carbocycles. The molecule has 0 spiro atoms. The van der Waals surface area contributed by atoms with Crippen molar-refractivity contribution in [2.24, 2.45) is 0 Å². The summed E-state index contributed by atoms with van der Waals surface area (Å²) in [4.78, 5) is 37.8. The third kappa shape index (κ3) is 61.0. The van der Waals surface area contributed by atoms with Crippen LogP contribution in [0.4, 0.5) is 0 Å². The van der Waals surface area contributed by atoms with Crippen molar-refractivity contribution in [3.63, 3.8) is 0 Å². The van der Waals surface area contributed by atoms with Gasteiger partial charge in [0.15, 0.2) is 6.10 Å². The number of nitrogens with zero attached hydrogens (tertiary/aromatic N) is 1. The van der Waals surface area contributed by atoms with Gasteiger partial charge in [-0.25, -0.2) is 0 Å². The van der Waals surface area contributed by atoms with Gasteiger partial charge in [0.25, 0.3) is 7.82 Å². The predicted octanol–water partition coefficient (Wildman–Crippen LogP) is 18.5. The lowest BCUT2D eigenvalue weighted by molar-refractivity contribution is -0.870. The zero-order valence-corrected chi connectivity index (χ0v) is 50.2. The van der Waals surface area contributed by atoms with Gasteiger partial charge in [-0.15, -0.1) is 0 Å². The van der Waals surface area contributed by atoms with Crippen molar-refractivity contribution in [2.45, 2.75) is 219 Å². The highest BCUT2D eigenvalue weighted by molar-refractivity contribution is 7.45. The van der Waals surface area contributed by atoms with Crippen LogP contribution in [0, 0.1) is 0 Å². The second-order valence-corrected chi connectivity index (χ2v) is 22.0. The number of hydrogen-bond acceptors (Lipinski definition) is 8. The average molecular weight is 1090 g/mol. The van der Waals surface area contributed by atoms with E-state index in [1.807, 2.05) is 21.1 Å². The van der Waals surface area contributed by atoms with Crippen LogP contribution >= 0.6 is 7.82 Å². The number of rotatable bonds is 53. The standard InChI is InChI=1S/C67H110NO8P/c1-6-8-10-12-14-16-18-20-22-23-24-25-26-27-28-29-30-31-32-33-34-35-36-37-38-39-40-41-42-43-44-45-46-48-50-52-54-56-58-60-67(70)76-65(64-75-77(71,72)74-62-61-68(3,4)5)63-73-66(69)59-57-55-53-51-49-47-21-19-17-15-13-11-9-7-2/h8,10,14,16,19-22,24-25,27-28,30-31,33-34,36-37,39-40,42-43,45-46,65H,6-7,9,11-13,15,17-18,23,26,29,32,35,38,41,44,47-64H2,1-5H3/b10-8-,16-14-,21-19-,22-20-,25-24-,28-27-,31-30-,34-33-,37-36-,40-39-,43-42-,46-45-. The molecule has 0 fully saturated rings. The van der Waals surface area contributed by atoms with Crippen molar-refractivity contribution < 1.29 is 42.1 Å². The van der Waals surface area contributed by atoms with Crippen LogP contribution in [-0.4, -0.2) is 70.0 Å². The fraction of sp³-hybridized carbons (Fsp3) is 0.612. The minimum absolute atomic E-state index is 0.0436. The Hall–Kier alpha value is -4.11. The lowest BCUT2D eigenvalue weighted by atomic mass is 10.1. The number of ether oxygens (including phenoxy) is 2. The third-order valence-corrected chi connectivity index (χ3v) is 13.1. The van der Waals surface area contributed by atoms with Crippen molar-refractivity contribution in [1.29, 1.82) is 0 Å². The molecule has 0 aromatic rings. The Balaban J connectivity index is 4.19. The summed E-state index contributed by atoms with van der Waals surface area (Å²) in [6.07, 6.45) is 83.3. The number of likely N-dealkylation sites (N-methyl/N-ethyl adjacent to an activating group) is 1. The van der Waals surface area contributed by atoms with E-state index in [4.69, 9.17) is 18.5 Å². The number of esters is 2. The maximum absolute atomic E-state index is 12.8. The molecule has 0 aromatic carbocycles. The van der Waals surface area contributed by atoms with Gasteiger partial charge in [0.1, 0.15) is 19.8 Å². The Kier molecular flexibility index (Phi) is 53.6. The van der Waals surface area contributed by atoms with E-state index in [1.165, 1.54) is 38.5 Å². The number of quaternary nitrogens is 1.